The summed E-state index contributed by atoms with van der Waals surface area (Å²) in [6.07, 6.45) is -0.986. The summed E-state index contributed by atoms with van der Waals surface area (Å²) < 4.78 is 35.3. The summed E-state index contributed by atoms with van der Waals surface area (Å²) in [7, 11) is -2.92. The second kappa shape index (κ2) is 9.94. The standard InChI is InChI=1S/C19H16Cl3N3O7S3/c1-31-17(28)24-12-14(26)25-13(16(27)32-8-19(20,21)22)9(7-35(29,30)15(12)25)6-33-18-23-10-4-2-3-5-11(10)34-18/h2-5,12,15H,6-8H2,1H3,(H,24,28). The molecule has 0 bridgehead atoms. The fourth-order valence-corrected chi connectivity index (χ4v) is 7.98. The van der Waals surface area contributed by atoms with Crippen LogP contribution in [0.25, 0.3) is 10.2 Å². The number of para-hydroxylation sites is 1. The molecule has 2 aliphatic heterocycles. The average Bonchev–Trinajstić information content (AvgIpc) is 3.21. The van der Waals surface area contributed by atoms with Crippen LogP contribution in [0.4, 0.5) is 4.79 Å². The molecule has 2 unspecified atom stereocenters. The zero-order chi connectivity index (χ0) is 25.5. The molecule has 2 aliphatic rings. The van der Waals surface area contributed by atoms with Crippen LogP contribution in [0.15, 0.2) is 39.9 Å². The molecule has 1 saturated heterocycles. The zero-order valence-electron chi connectivity index (χ0n) is 17.7. The number of carbonyl (C=O) groups excluding carboxylic acids is 3. The van der Waals surface area contributed by atoms with E-state index in [2.05, 4.69) is 15.0 Å². The molecule has 2 amide bonds. The Hall–Kier alpha value is -1.77. The molecule has 10 nitrogen and oxygen atoms in total. The number of nitrogens with one attached hydrogen (secondary N) is 1. The number of aromatic nitrogens is 1. The Morgan fingerprint density at radius 1 is 1.31 bits per heavy atom. The number of ether oxygens (including phenoxy) is 2. The SMILES string of the molecule is COC(=O)NC1C(=O)N2C(C(=O)OCC(Cl)(Cl)Cl)=C(CSc3nc4ccccc4s3)CS(=O)(=O)C12. The maximum Gasteiger partial charge on any atom is 0.407 e. The molecule has 16 heteroatoms. The van der Waals surface area contributed by atoms with Gasteiger partial charge in [-0.05, 0) is 17.7 Å². The summed E-state index contributed by atoms with van der Waals surface area (Å²) in [6.45, 7) is -0.623. The third kappa shape index (κ3) is 5.49. The number of benzene rings is 1. The quantitative estimate of drug-likeness (QED) is 0.230. The maximum atomic E-state index is 13.1. The van der Waals surface area contributed by atoms with E-state index in [-0.39, 0.29) is 17.0 Å². The van der Waals surface area contributed by atoms with Crippen LogP contribution in [0.1, 0.15) is 0 Å². The van der Waals surface area contributed by atoms with Crippen LogP contribution < -0.4 is 5.32 Å². The first-order valence-electron chi connectivity index (χ1n) is 9.74. The molecule has 1 aromatic carbocycles. The van der Waals surface area contributed by atoms with Crippen LogP contribution in [0.3, 0.4) is 0 Å². The smallest absolute Gasteiger partial charge is 0.407 e. The van der Waals surface area contributed by atoms with Gasteiger partial charge in [-0.2, -0.15) is 0 Å². The average molecular weight is 601 g/mol. The van der Waals surface area contributed by atoms with Gasteiger partial charge in [0.1, 0.15) is 18.3 Å². The van der Waals surface area contributed by atoms with E-state index in [1.807, 2.05) is 24.3 Å². The van der Waals surface area contributed by atoms with Gasteiger partial charge in [0.25, 0.3) is 5.91 Å². The van der Waals surface area contributed by atoms with E-state index in [9.17, 15) is 22.8 Å². The number of hydrogen-bond donors (Lipinski definition) is 1. The van der Waals surface area contributed by atoms with Crippen molar-refractivity contribution < 1.29 is 32.3 Å². The van der Waals surface area contributed by atoms with Gasteiger partial charge in [-0.3, -0.25) is 9.69 Å². The lowest BCUT2D eigenvalue weighted by Crippen LogP contribution is -2.74. The largest absolute Gasteiger partial charge is 0.456 e. The number of esters is 1. The molecule has 2 atom stereocenters. The van der Waals surface area contributed by atoms with Crippen molar-refractivity contribution in [2.75, 3.05) is 25.2 Å². The molecule has 4 rings (SSSR count). The highest BCUT2D eigenvalue weighted by molar-refractivity contribution is 8.01. The molecule has 1 N–H and O–H groups in total. The lowest BCUT2D eigenvalue weighted by molar-refractivity contribution is -0.151. The minimum Gasteiger partial charge on any atom is -0.456 e. The topological polar surface area (TPSA) is 132 Å². The minimum atomic E-state index is -3.99. The number of alkyl halides is 3. The van der Waals surface area contributed by atoms with E-state index in [0.717, 1.165) is 22.2 Å². The normalized spacial score (nSPS) is 21.4. The molecule has 0 saturated carbocycles. The van der Waals surface area contributed by atoms with E-state index in [4.69, 9.17) is 39.5 Å². The first-order chi connectivity index (χ1) is 16.4. The Morgan fingerprint density at radius 2 is 2.03 bits per heavy atom. The Kier molecular flexibility index (Phi) is 7.47. The molecular weight excluding hydrogens is 585 g/mol. The Balaban J connectivity index is 1.66. The third-order valence-corrected chi connectivity index (χ3v) is 9.59. The van der Waals surface area contributed by atoms with E-state index < -0.39 is 55.4 Å². The van der Waals surface area contributed by atoms with Crippen molar-refractivity contribution in [3.8, 4) is 0 Å². The lowest BCUT2D eigenvalue weighted by atomic mass is 10.0. The predicted octanol–water partition coefficient (Wildman–Crippen LogP) is 2.88. The predicted molar refractivity (Wildman–Crippen MR) is 132 cm³/mol. The summed E-state index contributed by atoms with van der Waals surface area (Å²) in [6, 6.07) is 6.05. The number of rotatable bonds is 6. The zero-order valence-corrected chi connectivity index (χ0v) is 22.4. The second-order valence-electron chi connectivity index (χ2n) is 7.40. The van der Waals surface area contributed by atoms with Crippen molar-refractivity contribution in [2.45, 2.75) is 19.5 Å². The van der Waals surface area contributed by atoms with Gasteiger partial charge in [-0.25, -0.2) is 23.0 Å². The number of nitrogens with zero attached hydrogens (tertiary/aromatic N) is 2. The molecule has 188 valence electrons. The number of carbonyl (C=O) groups is 3. The van der Waals surface area contributed by atoms with E-state index in [1.165, 1.54) is 23.1 Å². The van der Waals surface area contributed by atoms with Crippen LogP contribution in [0, 0.1) is 0 Å². The number of sulfone groups is 1. The van der Waals surface area contributed by atoms with Crippen molar-refractivity contribution in [3.05, 3.63) is 35.5 Å². The molecular formula is C19H16Cl3N3O7S3. The van der Waals surface area contributed by atoms with Crippen molar-refractivity contribution in [2.24, 2.45) is 0 Å². The minimum absolute atomic E-state index is 0.0306. The highest BCUT2D eigenvalue weighted by Gasteiger charge is 2.61. The van der Waals surface area contributed by atoms with Crippen LogP contribution in [0.5, 0.6) is 0 Å². The number of methoxy groups -OCH3 is 1. The lowest BCUT2D eigenvalue weighted by Gasteiger charge is -2.49. The van der Waals surface area contributed by atoms with Crippen LogP contribution >= 0.6 is 57.9 Å². The second-order valence-corrected chi connectivity index (χ2v) is 14.3. The highest BCUT2D eigenvalue weighted by atomic mass is 35.6. The number of amides is 2. The monoisotopic (exact) mass is 599 g/mol. The Morgan fingerprint density at radius 3 is 2.69 bits per heavy atom. The van der Waals surface area contributed by atoms with E-state index in [0.29, 0.717) is 4.34 Å². The van der Waals surface area contributed by atoms with Crippen LogP contribution in [-0.2, 0) is 28.9 Å². The number of alkyl carbamates (subject to hydrolysis) is 1. The van der Waals surface area contributed by atoms with Crippen LogP contribution in [0.2, 0.25) is 0 Å². The van der Waals surface area contributed by atoms with Crippen LogP contribution in [-0.4, -0.2) is 76.7 Å². The summed E-state index contributed by atoms with van der Waals surface area (Å²) in [4.78, 5) is 42.7. The first-order valence-corrected chi connectivity index (χ1v) is 14.4. The molecule has 1 fully saturated rings. The summed E-state index contributed by atoms with van der Waals surface area (Å²) in [5.41, 5.74) is 0.646. The number of halogens is 3. The van der Waals surface area contributed by atoms with Gasteiger partial charge in [-0.1, -0.05) is 58.7 Å². The van der Waals surface area contributed by atoms with Gasteiger partial charge < -0.3 is 14.8 Å². The van der Waals surface area contributed by atoms with Gasteiger partial charge in [0.2, 0.25) is 3.79 Å². The van der Waals surface area contributed by atoms with Crippen molar-refractivity contribution >= 4 is 95.9 Å². The van der Waals surface area contributed by atoms with Gasteiger partial charge in [0, 0.05) is 5.75 Å². The van der Waals surface area contributed by atoms with E-state index >= 15 is 0 Å². The third-order valence-electron chi connectivity index (χ3n) is 5.03. The molecule has 0 radical (unpaired) electrons. The molecule has 0 spiro atoms. The summed E-state index contributed by atoms with van der Waals surface area (Å²) >= 11 is 19.6. The van der Waals surface area contributed by atoms with Crippen molar-refractivity contribution in [1.29, 1.82) is 0 Å². The van der Waals surface area contributed by atoms with Gasteiger partial charge >= 0.3 is 12.1 Å². The van der Waals surface area contributed by atoms with Gasteiger partial charge in [0.15, 0.2) is 19.6 Å². The van der Waals surface area contributed by atoms with Crippen molar-refractivity contribution in [1.82, 2.24) is 15.2 Å². The number of thioether (sulfide) groups is 1. The first kappa shape index (κ1) is 26.3. The highest BCUT2D eigenvalue weighted by Crippen LogP contribution is 2.40. The number of fused-ring (bicyclic) bond motifs is 2. The maximum absolute atomic E-state index is 13.1. The van der Waals surface area contributed by atoms with Gasteiger partial charge in [0.05, 0.1) is 23.1 Å². The Labute approximate surface area is 222 Å². The Bertz CT molecular complexity index is 1310. The molecule has 1 aromatic heterocycles. The fourth-order valence-electron chi connectivity index (χ4n) is 3.59. The fraction of sp³-hybridized carbons (Fsp3) is 0.368. The van der Waals surface area contributed by atoms with E-state index in [1.54, 1.807) is 0 Å². The van der Waals surface area contributed by atoms with Crippen molar-refractivity contribution in [3.63, 3.8) is 0 Å². The molecule has 0 aliphatic carbocycles. The molecule has 2 aromatic rings. The van der Waals surface area contributed by atoms with Gasteiger partial charge in [-0.15, -0.1) is 11.3 Å². The molecule has 3 heterocycles. The summed E-state index contributed by atoms with van der Waals surface area (Å²) in [5, 5.41) is 0.691. The number of thiazole rings is 1. The number of β-lactam (4-membered cyclic amide) rings is 1. The summed E-state index contributed by atoms with van der Waals surface area (Å²) in [5.74, 6) is -2.35. The number of hydrogen-bond acceptors (Lipinski definition) is 10. The molecule has 35 heavy (non-hydrogen) atoms.